The van der Waals surface area contributed by atoms with Crippen molar-refractivity contribution in [2.24, 2.45) is 0 Å². The van der Waals surface area contributed by atoms with Gasteiger partial charge in [-0.2, -0.15) is 0 Å². The fraction of sp³-hybridized carbons (Fsp3) is 0. The van der Waals surface area contributed by atoms with Gasteiger partial charge in [0, 0.05) is 68.5 Å². The molecule has 0 aliphatic rings. The molecule has 43 heavy (non-hydrogen) atoms. The maximum absolute atomic E-state index is 5.07. The molecule has 0 saturated heterocycles. The van der Waals surface area contributed by atoms with Crippen LogP contribution in [0, 0.1) is 0 Å². The lowest BCUT2D eigenvalue weighted by atomic mass is 9.93. The van der Waals surface area contributed by atoms with Gasteiger partial charge >= 0.3 is 0 Å². The van der Waals surface area contributed by atoms with E-state index >= 15 is 0 Å². The molecule has 0 radical (unpaired) electrons. The van der Waals surface area contributed by atoms with Crippen molar-refractivity contribution in [3.05, 3.63) is 128 Å². The molecule has 4 aromatic carbocycles. The van der Waals surface area contributed by atoms with E-state index in [2.05, 4.69) is 70.6 Å². The zero-order chi connectivity index (χ0) is 28.3. The van der Waals surface area contributed by atoms with Gasteiger partial charge in [0.1, 0.15) is 0 Å². The predicted octanol–water partition coefficient (Wildman–Crippen LogP) is 9.49. The molecule has 0 amide bonds. The molecule has 9 rings (SSSR count). The van der Waals surface area contributed by atoms with Crippen LogP contribution in [0.25, 0.3) is 86.4 Å². The zero-order valence-corrected chi connectivity index (χ0v) is 23.6. The summed E-state index contributed by atoms with van der Waals surface area (Å²) in [5.41, 5.74) is 4.55. The molecular weight excluding hydrogens is 547 g/mol. The van der Waals surface area contributed by atoms with E-state index in [1.807, 2.05) is 42.7 Å². The maximum Gasteiger partial charge on any atom is 0.163 e. The highest BCUT2D eigenvalue weighted by molar-refractivity contribution is 7.26. The predicted molar refractivity (Wildman–Crippen MR) is 177 cm³/mol. The van der Waals surface area contributed by atoms with Crippen molar-refractivity contribution < 1.29 is 0 Å². The van der Waals surface area contributed by atoms with E-state index in [1.165, 1.54) is 42.4 Å². The summed E-state index contributed by atoms with van der Waals surface area (Å²) < 4.78 is 2.35. The van der Waals surface area contributed by atoms with Crippen LogP contribution >= 0.6 is 11.3 Å². The summed E-state index contributed by atoms with van der Waals surface area (Å²) in [4.78, 5) is 23.2. The molecule has 0 atom stereocenters. The third-order valence-corrected chi connectivity index (χ3v) is 9.36. The lowest BCUT2D eigenvalue weighted by Gasteiger charge is -2.10. The van der Waals surface area contributed by atoms with Crippen LogP contribution in [0.4, 0.5) is 0 Å². The Morgan fingerprint density at radius 2 is 0.977 bits per heavy atom. The molecule has 0 bridgehead atoms. The lowest BCUT2D eigenvalue weighted by Crippen LogP contribution is -1.96. The Labute approximate surface area is 250 Å². The summed E-state index contributed by atoms with van der Waals surface area (Å²) >= 11 is 1.78. The van der Waals surface area contributed by atoms with Crippen LogP contribution in [0.2, 0.25) is 0 Å². The zero-order valence-electron chi connectivity index (χ0n) is 22.8. The molecule has 0 aliphatic heterocycles. The smallest absolute Gasteiger partial charge is 0.163 e. The third-order valence-electron chi connectivity index (χ3n) is 8.16. The van der Waals surface area contributed by atoms with Crippen molar-refractivity contribution in [2.45, 2.75) is 0 Å². The molecule has 5 aromatic heterocycles. The summed E-state index contributed by atoms with van der Waals surface area (Å²) in [7, 11) is 0. The third kappa shape index (κ3) is 3.81. The molecule has 9 aromatic rings. The van der Waals surface area contributed by atoms with Crippen LogP contribution in [0.15, 0.2) is 128 Å². The number of aromatic nitrogens is 5. The molecule has 0 saturated carbocycles. The standard InChI is InChI=1S/C37H21N5S/c1-3-7-26-24(5-1)25-6-2-4-8-27(25)29-18-35-30(17-28(26)29)31-20-40-21-32(36(31)43-35)37-41-33(22-9-13-38-14-10-22)19-34(42-37)23-11-15-39-16-12-23/h1-21H. The number of benzene rings is 4. The Morgan fingerprint density at radius 3 is 1.56 bits per heavy atom. The van der Waals surface area contributed by atoms with Crippen molar-refractivity contribution in [2.75, 3.05) is 0 Å². The van der Waals surface area contributed by atoms with Gasteiger partial charge in [-0.1, -0.05) is 48.5 Å². The van der Waals surface area contributed by atoms with E-state index in [0.717, 1.165) is 38.2 Å². The molecule has 0 unspecified atom stereocenters. The topological polar surface area (TPSA) is 64.5 Å². The van der Waals surface area contributed by atoms with E-state index in [9.17, 15) is 0 Å². The second-order valence-corrected chi connectivity index (χ2v) is 11.6. The number of fused-ring (bicyclic) bond motifs is 9. The van der Waals surface area contributed by atoms with Crippen molar-refractivity contribution in [1.29, 1.82) is 0 Å². The van der Waals surface area contributed by atoms with E-state index in [1.54, 1.807) is 36.1 Å². The first-order chi connectivity index (χ1) is 21.3. The number of thiophene rings is 1. The van der Waals surface area contributed by atoms with Crippen LogP contribution in [0.5, 0.6) is 0 Å². The number of nitrogens with zero attached hydrogens (tertiary/aromatic N) is 5. The minimum absolute atomic E-state index is 0.645. The van der Waals surface area contributed by atoms with E-state index in [-0.39, 0.29) is 0 Å². The second-order valence-electron chi connectivity index (χ2n) is 10.6. The largest absolute Gasteiger partial charge is 0.265 e. The monoisotopic (exact) mass is 567 g/mol. The van der Waals surface area contributed by atoms with Gasteiger partial charge in [0.05, 0.1) is 17.0 Å². The first-order valence-corrected chi connectivity index (χ1v) is 14.9. The maximum atomic E-state index is 5.07. The molecule has 0 fully saturated rings. The Bertz CT molecular complexity index is 2450. The molecule has 5 nitrogen and oxygen atoms in total. The Kier molecular flexibility index (Phi) is 5.30. The van der Waals surface area contributed by atoms with E-state index in [4.69, 9.17) is 15.0 Å². The van der Waals surface area contributed by atoms with Crippen LogP contribution in [0.3, 0.4) is 0 Å². The van der Waals surface area contributed by atoms with Gasteiger partial charge in [-0.15, -0.1) is 11.3 Å². The summed E-state index contributed by atoms with van der Waals surface area (Å²) in [5, 5.41) is 9.90. The molecule has 200 valence electrons. The van der Waals surface area contributed by atoms with Crippen LogP contribution in [0.1, 0.15) is 0 Å². The number of hydrogen-bond donors (Lipinski definition) is 0. The summed E-state index contributed by atoms with van der Waals surface area (Å²) in [6.07, 6.45) is 11.0. The van der Waals surface area contributed by atoms with Gasteiger partial charge in [0.2, 0.25) is 0 Å². The highest BCUT2D eigenvalue weighted by Gasteiger charge is 2.18. The highest BCUT2D eigenvalue weighted by Crippen LogP contribution is 2.44. The van der Waals surface area contributed by atoms with Crippen molar-refractivity contribution in [3.63, 3.8) is 0 Å². The minimum Gasteiger partial charge on any atom is -0.265 e. The average molecular weight is 568 g/mol. The fourth-order valence-corrected chi connectivity index (χ4v) is 7.36. The van der Waals surface area contributed by atoms with Crippen LogP contribution in [-0.2, 0) is 0 Å². The summed E-state index contributed by atoms with van der Waals surface area (Å²) in [5.74, 6) is 0.645. The normalized spacial score (nSPS) is 11.7. The molecule has 5 heterocycles. The Hall–Kier alpha value is -5.59. The quantitative estimate of drug-likeness (QED) is 0.199. The van der Waals surface area contributed by atoms with Gasteiger partial charge in [-0.05, 0) is 74.8 Å². The van der Waals surface area contributed by atoms with Crippen LogP contribution < -0.4 is 0 Å². The molecule has 0 N–H and O–H groups in total. The van der Waals surface area contributed by atoms with Gasteiger partial charge in [-0.3, -0.25) is 15.0 Å². The van der Waals surface area contributed by atoms with Gasteiger partial charge in [0.15, 0.2) is 5.82 Å². The van der Waals surface area contributed by atoms with Crippen molar-refractivity contribution in [3.8, 4) is 33.9 Å². The van der Waals surface area contributed by atoms with Gasteiger partial charge in [0.25, 0.3) is 0 Å². The Balaban J connectivity index is 1.34. The van der Waals surface area contributed by atoms with E-state index in [0.29, 0.717) is 5.82 Å². The number of pyridine rings is 3. The number of rotatable bonds is 3. The van der Waals surface area contributed by atoms with Gasteiger partial charge < -0.3 is 0 Å². The highest BCUT2D eigenvalue weighted by atomic mass is 32.1. The van der Waals surface area contributed by atoms with Crippen molar-refractivity contribution >= 4 is 63.8 Å². The number of hydrogen-bond acceptors (Lipinski definition) is 6. The first-order valence-electron chi connectivity index (χ1n) is 14.1. The van der Waals surface area contributed by atoms with Crippen LogP contribution in [-0.4, -0.2) is 24.9 Å². The molecular formula is C37H21N5S. The summed E-state index contributed by atoms with van der Waals surface area (Å²) in [6, 6.07) is 32.0. The van der Waals surface area contributed by atoms with E-state index < -0.39 is 0 Å². The SMILES string of the molecule is c1ccc2c(c1)c1ccccc1c1cc3c(cc21)sc1c(-c2nc(-c4ccncc4)cc(-c4ccncc4)n2)cncc13. The molecule has 0 aliphatic carbocycles. The molecule has 6 heteroatoms. The van der Waals surface area contributed by atoms with Gasteiger partial charge in [-0.25, -0.2) is 9.97 Å². The Morgan fingerprint density at radius 1 is 0.442 bits per heavy atom. The second kappa shape index (κ2) is 9.48. The average Bonchev–Trinajstić information content (AvgIpc) is 3.46. The summed E-state index contributed by atoms with van der Waals surface area (Å²) in [6.45, 7) is 0. The lowest BCUT2D eigenvalue weighted by molar-refractivity contribution is 1.17. The first kappa shape index (κ1) is 24.1. The fourth-order valence-electron chi connectivity index (χ4n) is 6.15. The molecule has 0 spiro atoms. The van der Waals surface area contributed by atoms with Crippen molar-refractivity contribution in [1.82, 2.24) is 24.9 Å². The minimum atomic E-state index is 0.645.